The molecule has 74 valence electrons. The molecule has 0 aromatic heterocycles. The molecule has 0 aliphatic carbocycles. The van der Waals surface area contributed by atoms with Crippen LogP contribution in [0.5, 0.6) is 0 Å². The molecule has 0 saturated heterocycles. The molecule has 0 bridgehead atoms. The predicted molar refractivity (Wildman–Crippen MR) is 46.0 cm³/mol. The maximum atomic E-state index is 11.9. The van der Waals surface area contributed by atoms with Crippen LogP contribution in [0.15, 0.2) is 22.1 Å². The molecule has 0 aromatic rings. The number of allylic oxidation sites excluding steroid dienone is 1. The number of nitrogens with two attached hydrogens (primary N) is 1. The van der Waals surface area contributed by atoms with Gasteiger partial charge in [0.25, 0.3) is 0 Å². The number of hydrogen-bond acceptors (Lipinski definition) is 1. The van der Waals surface area contributed by atoms with Gasteiger partial charge in [-0.25, -0.2) is 4.99 Å². The SMILES string of the molecule is C=C(/C(Cl)=N\C(N)=N/C)C(F)(F)F. The molecule has 7 heteroatoms. The maximum absolute atomic E-state index is 11.9. The van der Waals surface area contributed by atoms with Crippen molar-refractivity contribution in [1.82, 2.24) is 0 Å². The highest BCUT2D eigenvalue weighted by atomic mass is 35.5. The van der Waals surface area contributed by atoms with Gasteiger partial charge in [-0.3, -0.25) is 4.99 Å². The number of halogens is 4. The first kappa shape index (κ1) is 12.0. The Hall–Kier alpha value is -1.04. The van der Waals surface area contributed by atoms with Crippen LogP contribution in [-0.2, 0) is 0 Å². The minimum atomic E-state index is -4.60. The zero-order valence-corrected chi connectivity index (χ0v) is 7.45. The van der Waals surface area contributed by atoms with Crippen LogP contribution in [0, 0.1) is 0 Å². The van der Waals surface area contributed by atoms with Crippen LogP contribution in [0.25, 0.3) is 0 Å². The molecule has 0 amide bonds. The second-order valence-corrected chi connectivity index (χ2v) is 2.32. The van der Waals surface area contributed by atoms with Gasteiger partial charge in [-0.2, -0.15) is 13.2 Å². The molecular formula is C6H7ClF3N3. The van der Waals surface area contributed by atoms with Crippen molar-refractivity contribution in [2.75, 3.05) is 7.05 Å². The molecule has 2 N–H and O–H groups in total. The van der Waals surface area contributed by atoms with Crippen LogP contribution in [0.3, 0.4) is 0 Å². The topological polar surface area (TPSA) is 50.7 Å². The molecule has 0 fully saturated rings. The maximum Gasteiger partial charge on any atom is 0.418 e. The normalized spacial score (nSPS) is 14.5. The fourth-order valence-electron chi connectivity index (χ4n) is 0.335. The van der Waals surface area contributed by atoms with Crippen molar-refractivity contribution >= 4 is 22.7 Å². The number of guanidine groups is 1. The Bertz CT molecular complexity index is 267. The molecule has 0 rings (SSSR count). The van der Waals surface area contributed by atoms with Gasteiger partial charge >= 0.3 is 6.18 Å². The van der Waals surface area contributed by atoms with E-state index < -0.39 is 16.9 Å². The molecule has 0 radical (unpaired) electrons. The van der Waals surface area contributed by atoms with Crippen molar-refractivity contribution in [3.05, 3.63) is 12.2 Å². The van der Waals surface area contributed by atoms with Crippen molar-refractivity contribution in [1.29, 1.82) is 0 Å². The highest BCUT2D eigenvalue weighted by Crippen LogP contribution is 2.26. The number of aliphatic imine (C=N–C) groups is 2. The quantitative estimate of drug-likeness (QED) is 0.523. The summed E-state index contributed by atoms with van der Waals surface area (Å²) in [6, 6.07) is 0. The average molecular weight is 214 g/mol. The molecule has 0 aliphatic rings. The Labute approximate surface area is 77.8 Å². The van der Waals surface area contributed by atoms with E-state index in [1.54, 1.807) is 0 Å². The largest absolute Gasteiger partial charge is 0.418 e. The lowest BCUT2D eigenvalue weighted by Gasteiger charge is -2.06. The molecule has 0 atom stereocenters. The van der Waals surface area contributed by atoms with Gasteiger partial charge in [0.05, 0.1) is 5.57 Å². The van der Waals surface area contributed by atoms with E-state index in [1.165, 1.54) is 7.05 Å². The zero-order valence-electron chi connectivity index (χ0n) is 6.69. The van der Waals surface area contributed by atoms with Crippen LogP contribution in [0.2, 0.25) is 0 Å². The molecule has 13 heavy (non-hydrogen) atoms. The predicted octanol–water partition coefficient (Wildman–Crippen LogP) is 1.69. The Balaban J connectivity index is 4.72. The van der Waals surface area contributed by atoms with Crippen LogP contribution < -0.4 is 5.73 Å². The van der Waals surface area contributed by atoms with Crippen molar-refractivity contribution in [2.24, 2.45) is 15.7 Å². The second kappa shape index (κ2) is 4.27. The van der Waals surface area contributed by atoms with Gasteiger partial charge in [0.1, 0.15) is 5.17 Å². The Morgan fingerprint density at radius 3 is 2.23 bits per heavy atom. The summed E-state index contributed by atoms with van der Waals surface area (Å²) >= 11 is 5.16. The number of rotatable bonds is 1. The fourth-order valence-corrected chi connectivity index (χ4v) is 0.529. The lowest BCUT2D eigenvalue weighted by atomic mass is 10.3. The van der Waals surface area contributed by atoms with Crippen molar-refractivity contribution in [3.8, 4) is 0 Å². The van der Waals surface area contributed by atoms with E-state index in [2.05, 4.69) is 16.6 Å². The van der Waals surface area contributed by atoms with Crippen molar-refractivity contribution < 1.29 is 13.2 Å². The third-order valence-corrected chi connectivity index (χ3v) is 1.35. The number of alkyl halides is 3. The van der Waals surface area contributed by atoms with Crippen molar-refractivity contribution in [3.63, 3.8) is 0 Å². The first-order valence-electron chi connectivity index (χ1n) is 3.02. The number of hydrogen-bond donors (Lipinski definition) is 1. The Morgan fingerprint density at radius 1 is 1.46 bits per heavy atom. The van der Waals surface area contributed by atoms with Crippen LogP contribution >= 0.6 is 11.6 Å². The summed E-state index contributed by atoms with van der Waals surface area (Å²) in [7, 11) is 1.28. The third kappa shape index (κ3) is 3.93. The molecule has 0 unspecified atom stereocenters. The van der Waals surface area contributed by atoms with E-state index in [4.69, 9.17) is 17.3 Å². The molecule has 0 spiro atoms. The summed E-state index contributed by atoms with van der Waals surface area (Å²) < 4.78 is 35.7. The van der Waals surface area contributed by atoms with Gasteiger partial charge in [-0.05, 0) is 0 Å². The summed E-state index contributed by atoms with van der Waals surface area (Å²) in [4.78, 5) is 6.46. The molecule has 0 aromatic carbocycles. The van der Waals surface area contributed by atoms with Gasteiger partial charge in [-0.1, -0.05) is 18.2 Å². The summed E-state index contributed by atoms with van der Waals surface area (Å²) in [5, 5.41) is -0.810. The monoisotopic (exact) mass is 213 g/mol. The van der Waals surface area contributed by atoms with E-state index in [0.29, 0.717) is 0 Å². The van der Waals surface area contributed by atoms with Gasteiger partial charge in [-0.15, -0.1) is 0 Å². The summed E-state index contributed by atoms with van der Waals surface area (Å²) in [5.74, 6) is -0.338. The molecule has 0 aliphatic heterocycles. The van der Waals surface area contributed by atoms with Gasteiger partial charge < -0.3 is 5.73 Å². The third-order valence-electron chi connectivity index (χ3n) is 1.03. The summed E-state index contributed by atoms with van der Waals surface area (Å²) in [5.41, 5.74) is 3.78. The lowest BCUT2D eigenvalue weighted by molar-refractivity contribution is -0.0854. The number of nitrogens with zero attached hydrogens (tertiary/aromatic N) is 2. The van der Waals surface area contributed by atoms with Gasteiger partial charge in [0.2, 0.25) is 5.96 Å². The Kier molecular flexibility index (Phi) is 3.93. The minimum Gasteiger partial charge on any atom is -0.368 e. The second-order valence-electron chi connectivity index (χ2n) is 1.96. The zero-order chi connectivity index (χ0) is 10.6. The highest BCUT2D eigenvalue weighted by Gasteiger charge is 2.34. The first-order chi connectivity index (χ1) is 5.79. The van der Waals surface area contributed by atoms with E-state index in [0.717, 1.165) is 0 Å². The van der Waals surface area contributed by atoms with E-state index >= 15 is 0 Å². The standard InChI is InChI=1S/C6H7ClF3N3/c1-3(6(8,9)10)4(7)13-5(11)12-2/h1H2,2H3,(H2,11,12)/b13-4+. The summed E-state index contributed by atoms with van der Waals surface area (Å²) in [6.45, 7) is 2.71. The minimum absolute atomic E-state index is 0.338. The van der Waals surface area contributed by atoms with Crippen LogP contribution in [0.4, 0.5) is 13.2 Å². The highest BCUT2D eigenvalue weighted by molar-refractivity contribution is 6.70. The molecule has 3 nitrogen and oxygen atoms in total. The fraction of sp³-hybridized carbons (Fsp3) is 0.333. The van der Waals surface area contributed by atoms with Crippen LogP contribution in [0.1, 0.15) is 0 Å². The summed E-state index contributed by atoms with van der Waals surface area (Å²) in [6.07, 6.45) is -4.60. The van der Waals surface area contributed by atoms with Gasteiger partial charge in [0, 0.05) is 7.05 Å². The van der Waals surface area contributed by atoms with Gasteiger partial charge in [0.15, 0.2) is 0 Å². The first-order valence-corrected chi connectivity index (χ1v) is 3.39. The van der Waals surface area contributed by atoms with E-state index in [9.17, 15) is 13.2 Å². The average Bonchev–Trinajstić information content (AvgIpc) is 2.01. The Morgan fingerprint density at radius 2 is 1.92 bits per heavy atom. The molecular weight excluding hydrogens is 207 g/mol. The molecule has 0 saturated carbocycles. The molecule has 0 heterocycles. The lowest BCUT2D eigenvalue weighted by Crippen LogP contribution is -2.18. The smallest absolute Gasteiger partial charge is 0.368 e. The van der Waals surface area contributed by atoms with Crippen molar-refractivity contribution in [2.45, 2.75) is 6.18 Å². The van der Waals surface area contributed by atoms with E-state index in [-0.39, 0.29) is 5.96 Å². The van der Waals surface area contributed by atoms with E-state index in [1.807, 2.05) is 0 Å². The van der Waals surface area contributed by atoms with Crippen LogP contribution in [-0.4, -0.2) is 24.4 Å².